The first kappa shape index (κ1) is 14.0. The largest absolute Gasteiger partial charge is 0.350 e. The number of rotatable bonds is 3. The Balaban J connectivity index is 1.85. The molecule has 1 fully saturated rings. The number of halogens is 1. The van der Waals surface area contributed by atoms with Crippen molar-refractivity contribution < 1.29 is 4.79 Å². The van der Waals surface area contributed by atoms with Crippen molar-refractivity contribution in [2.45, 2.75) is 30.5 Å². The van der Waals surface area contributed by atoms with Gasteiger partial charge in [0.2, 0.25) is 0 Å². The second-order valence-electron chi connectivity index (χ2n) is 4.88. The number of hydrogen-bond donors (Lipinski definition) is 1. The van der Waals surface area contributed by atoms with Crippen LogP contribution in [0, 0.1) is 17.2 Å². The van der Waals surface area contributed by atoms with Gasteiger partial charge in [0.15, 0.2) is 0 Å². The molecule has 1 saturated carbocycles. The first-order valence-corrected chi connectivity index (χ1v) is 7.39. The van der Waals surface area contributed by atoms with Crippen LogP contribution in [-0.2, 0) is 0 Å². The zero-order valence-electron chi connectivity index (χ0n) is 10.6. The number of nitrogens with one attached hydrogen (secondary N) is 1. The lowest BCUT2D eigenvalue weighted by Crippen LogP contribution is -2.32. The van der Waals surface area contributed by atoms with E-state index < -0.39 is 0 Å². The highest BCUT2D eigenvalue weighted by atomic mass is 79.9. The van der Waals surface area contributed by atoms with Crippen molar-refractivity contribution >= 4 is 21.8 Å². The molecule has 100 valence electrons. The van der Waals surface area contributed by atoms with Crippen molar-refractivity contribution in [1.82, 2.24) is 10.3 Å². The first-order valence-electron chi connectivity index (χ1n) is 6.47. The summed E-state index contributed by atoms with van der Waals surface area (Å²) in [5.74, 6) is 0.377. The van der Waals surface area contributed by atoms with Crippen molar-refractivity contribution in [3.63, 3.8) is 0 Å². The Morgan fingerprint density at radius 3 is 3.00 bits per heavy atom. The molecule has 0 radical (unpaired) electrons. The highest BCUT2D eigenvalue weighted by Gasteiger charge is 2.20. The molecule has 0 aromatic carbocycles. The Labute approximate surface area is 121 Å². The molecule has 5 heteroatoms. The quantitative estimate of drug-likeness (QED) is 0.870. The van der Waals surface area contributed by atoms with Crippen LogP contribution in [0.25, 0.3) is 0 Å². The monoisotopic (exact) mass is 321 g/mol. The van der Waals surface area contributed by atoms with E-state index in [1.54, 1.807) is 12.1 Å². The second-order valence-corrected chi connectivity index (χ2v) is 6.18. The third-order valence-electron chi connectivity index (χ3n) is 3.40. The maximum Gasteiger partial charge on any atom is 0.269 e. The van der Waals surface area contributed by atoms with E-state index >= 15 is 0 Å². The lowest BCUT2D eigenvalue weighted by molar-refractivity contribution is 0.0939. The van der Waals surface area contributed by atoms with Gasteiger partial charge in [0.1, 0.15) is 11.8 Å². The number of nitrogens with zero attached hydrogens (tertiary/aromatic N) is 2. The molecule has 2 atom stereocenters. The Bertz CT molecular complexity index is 480. The molecule has 19 heavy (non-hydrogen) atoms. The van der Waals surface area contributed by atoms with Crippen molar-refractivity contribution in [2.24, 2.45) is 5.92 Å². The van der Waals surface area contributed by atoms with Crippen LogP contribution in [0.5, 0.6) is 0 Å². The van der Waals surface area contributed by atoms with Crippen LogP contribution < -0.4 is 5.32 Å². The minimum Gasteiger partial charge on any atom is -0.350 e. The van der Waals surface area contributed by atoms with Gasteiger partial charge in [0, 0.05) is 17.6 Å². The predicted octanol–water partition coefficient (Wildman–Crippen LogP) is 2.64. The van der Waals surface area contributed by atoms with Gasteiger partial charge in [-0.1, -0.05) is 22.4 Å². The minimum absolute atomic E-state index is 0.166. The molecule has 1 aliphatic carbocycles. The fraction of sp³-hybridized carbons (Fsp3) is 0.500. The second kappa shape index (κ2) is 6.67. The molecule has 1 heterocycles. The molecule has 0 saturated heterocycles. The third kappa shape index (κ3) is 4.03. The Hall–Kier alpha value is -1.41. The Kier molecular flexibility index (Phi) is 4.92. The molecule has 1 N–H and O–H groups in total. The highest BCUT2D eigenvalue weighted by Crippen LogP contribution is 2.28. The standard InChI is InChI=1S/C14H16BrN3O/c15-12-3-1-2-10(6-12)8-18-14(19)13-5-4-11(7-16)9-17-13/h4-5,9-10,12H,1-3,6,8H2,(H,18,19). The SMILES string of the molecule is N#Cc1ccc(C(=O)NCC2CCCC(Br)C2)nc1. The summed E-state index contributed by atoms with van der Waals surface area (Å²) in [5.41, 5.74) is 0.830. The highest BCUT2D eigenvalue weighted by molar-refractivity contribution is 9.09. The molecule has 1 aliphatic rings. The molecule has 2 unspecified atom stereocenters. The average molecular weight is 322 g/mol. The number of aromatic nitrogens is 1. The summed E-state index contributed by atoms with van der Waals surface area (Å²) in [6.07, 6.45) is 6.14. The van der Waals surface area contributed by atoms with Crippen LogP contribution in [0.15, 0.2) is 18.3 Å². The normalized spacial score (nSPS) is 22.5. The molecule has 0 bridgehead atoms. The van der Waals surface area contributed by atoms with E-state index in [9.17, 15) is 4.79 Å². The van der Waals surface area contributed by atoms with Crippen LogP contribution in [0.3, 0.4) is 0 Å². The van der Waals surface area contributed by atoms with E-state index in [4.69, 9.17) is 5.26 Å². The summed E-state index contributed by atoms with van der Waals surface area (Å²) < 4.78 is 0. The van der Waals surface area contributed by atoms with E-state index in [1.165, 1.54) is 25.5 Å². The van der Waals surface area contributed by atoms with Crippen LogP contribution in [-0.4, -0.2) is 22.3 Å². The molecule has 0 spiro atoms. The lowest BCUT2D eigenvalue weighted by Gasteiger charge is -2.25. The molecule has 4 nitrogen and oxygen atoms in total. The van der Waals surface area contributed by atoms with Gasteiger partial charge in [-0.25, -0.2) is 4.98 Å². The zero-order chi connectivity index (χ0) is 13.7. The fourth-order valence-electron chi connectivity index (χ4n) is 2.33. The number of amides is 1. The van der Waals surface area contributed by atoms with Crippen molar-refractivity contribution in [1.29, 1.82) is 5.26 Å². The van der Waals surface area contributed by atoms with Gasteiger partial charge < -0.3 is 5.32 Å². The average Bonchev–Trinajstić information content (AvgIpc) is 2.45. The van der Waals surface area contributed by atoms with Crippen molar-refractivity contribution in [2.75, 3.05) is 6.54 Å². The lowest BCUT2D eigenvalue weighted by atomic mass is 9.89. The Morgan fingerprint density at radius 1 is 1.53 bits per heavy atom. The van der Waals surface area contributed by atoms with Crippen LogP contribution in [0.2, 0.25) is 0 Å². The summed E-state index contributed by atoms with van der Waals surface area (Å²) in [5, 5.41) is 11.6. The summed E-state index contributed by atoms with van der Waals surface area (Å²) >= 11 is 3.64. The summed E-state index contributed by atoms with van der Waals surface area (Å²) in [4.78, 5) is 16.5. The molecule has 0 aliphatic heterocycles. The molecular formula is C14H16BrN3O. The number of pyridine rings is 1. The van der Waals surface area contributed by atoms with Crippen molar-refractivity contribution in [3.8, 4) is 6.07 Å². The van der Waals surface area contributed by atoms with E-state index in [1.807, 2.05) is 6.07 Å². The number of hydrogen-bond acceptors (Lipinski definition) is 3. The van der Waals surface area contributed by atoms with Crippen LogP contribution in [0.4, 0.5) is 0 Å². The topological polar surface area (TPSA) is 65.8 Å². The first-order chi connectivity index (χ1) is 9.19. The van der Waals surface area contributed by atoms with E-state index in [0.717, 1.165) is 6.42 Å². The van der Waals surface area contributed by atoms with E-state index in [0.29, 0.717) is 28.5 Å². The number of nitriles is 1. The number of carbonyl (C=O) groups is 1. The zero-order valence-corrected chi connectivity index (χ0v) is 12.2. The number of alkyl halides is 1. The van der Waals surface area contributed by atoms with Gasteiger partial charge in [-0.3, -0.25) is 4.79 Å². The van der Waals surface area contributed by atoms with Gasteiger partial charge in [-0.05, 0) is 37.3 Å². The summed E-state index contributed by atoms with van der Waals surface area (Å²) in [6.45, 7) is 0.697. The third-order valence-corrected chi connectivity index (χ3v) is 4.23. The smallest absolute Gasteiger partial charge is 0.269 e. The summed E-state index contributed by atoms with van der Waals surface area (Å²) in [6, 6.07) is 5.18. The maximum absolute atomic E-state index is 11.9. The predicted molar refractivity (Wildman–Crippen MR) is 76.0 cm³/mol. The fourth-order valence-corrected chi connectivity index (χ4v) is 3.19. The van der Waals surface area contributed by atoms with Gasteiger partial charge in [0.05, 0.1) is 5.56 Å². The van der Waals surface area contributed by atoms with Crippen molar-refractivity contribution in [3.05, 3.63) is 29.6 Å². The van der Waals surface area contributed by atoms with E-state index in [-0.39, 0.29) is 5.91 Å². The van der Waals surface area contributed by atoms with Gasteiger partial charge in [-0.2, -0.15) is 5.26 Å². The molecular weight excluding hydrogens is 306 g/mol. The minimum atomic E-state index is -0.166. The maximum atomic E-state index is 11.9. The molecule has 2 rings (SSSR count). The molecule has 1 aromatic rings. The summed E-state index contributed by atoms with van der Waals surface area (Å²) in [7, 11) is 0. The Morgan fingerprint density at radius 2 is 2.37 bits per heavy atom. The van der Waals surface area contributed by atoms with Crippen LogP contribution in [0.1, 0.15) is 41.7 Å². The number of carbonyl (C=O) groups excluding carboxylic acids is 1. The van der Waals surface area contributed by atoms with Gasteiger partial charge in [-0.15, -0.1) is 0 Å². The molecule has 1 aromatic heterocycles. The molecule has 1 amide bonds. The van der Waals surface area contributed by atoms with E-state index in [2.05, 4.69) is 26.2 Å². The van der Waals surface area contributed by atoms with Gasteiger partial charge >= 0.3 is 0 Å². The van der Waals surface area contributed by atoms with Crippen LogP contribution >= 0.6 is 15.9 Å². The van der Waals surface area contributed by atoms with Gasteiger partial charge in [0.25, 0.3) is 5.91 Å².